The summed E-state index contributed by atoms with van der Waals surface area (Å²) < 4.78 is 41.4. The molecule has 6 nitrogen and oxygen atoms in total. The van der Waals surface area contributed by atoms with Crippen LogP contribution in [0.1, 0.15) is 67.3 Å². The van der Waals surface area contributed by atoms with Crippen LogP contribution in [0.3, 0.4) is 0 Å². The van der Waals surface area contributed by atoms with Crippen molar-refractivity contribution in [1.29, 1.82) is 0 Å². The first kappa shape index (κ1) is 26.6. The van der Waals surface area contributed by atoms with Gasteiger partial charge in [0.1, 0.15) is 5.84 Å². The number of hydrogen-bond acceptors (Lipinski definition) is 5. The van der Waals surface area contributed by atoms with Crippen LogP contribution in [0.2, 0.25) is 0 Å². The van der Waals surface area contributed by atoms with Crippen molar-refractivity contribution in [3.8, 4) is 5.69 Å². The molecule has 0 saturated heterocycles. The van der Waals surface area contributed by atoms with Crippen molar-refractivity contribution in [1.82, 2.24) is 14.5 Å². The number of aliphatic imine (C=N–C) groups is 1. The molecule has 6 rings (SSSR count). The first-order valence-corrected chi connectivity index (χ1v) is 14.3. The second-order valence-corrected chi connectivity index (χ2v) is 11.1. The van der Waals surface area contributed by atoms with Crippen molar-refractivity contribution in [2.24, 2.45) is 10.9 Å². The number of rotatable bonds is 4. The molecule has 1 aliphatic carbocycles. The topological polar surface area (TPSA) is 62.5 Å². The Morgan fingerprint density at radius 3 is 2.52 bits per heavy atom. The van der Waals surface area contributed by atoms with E-state index in [1.54, 1.807) is 4.57 Å². The van der Waals surface area contributed by atoms with Gasteiger partial charge in [-0.2, -0.15) is 13.2 Å². The lowest BCUT2D eigenvalue weighted by Crippen LogP contribution is -2.41. The number of aryl methyl sites for hydroxylation is 1. The first-order valence-electron chi connectivity index (χ1n) is 14.3. The Labute approximate surface area is 232 Å². The summed E-state index contributed by atoms with van der Waals surface area (Å²) in [5.41, 5.74) is 2.69. The van der Waals surface area contributed by atoms with Crippen LogP contribution in [0.25, 0.3) is 5.69 Å². The van der Waals surface area contributed by atoms with Gasteiger partial charge in [-0.05, 0) is 67.5 Å². The summed E-state index contributed by atoms with van der Waals surface area (Å²) in [6, 6.07) is 13.4. The summed E-state index contributed by atoms with van der Waals surface area (Å²) >= 11 is 0. The minimum absolute atomic E-state index is 0.0866. The number of anilines is 1. The van der Waals surface area contributed by atoms with Crippen LogP contribution < -0.4 is 10.9 Å². The van der Waals surface area contributed by atoms with E-state index in [4.69, 9.17) is 9.98 Å². The van der Waals surface area contributed by atoms with E-state index >= 15 is 0 Å². The van der Waals surface area contributed by atoms with Crippen molar-refractivity contribution in [2.45, 2.75) is 70.5 Å². The number of para-hydroxylation sites is 1. The lowest BCUT2D eigenvalue weighted by Gasteiger charge is -2.31. The summed E-state index contributed by atoms with van der Waals surface area (Å²) in [5, 5.41) is 3.52. The molecule has 3 heterocycles. The minimum atomic E-state index is -4.37. The van der Waals surface area contributed by atoms with E-state index in [9.17, 15) is 18.0 Å². The first-order chi connectivity index (χ1) is 19.4. The number of benzene rings is 2. The third kappa shape index (κ3) is 5.51. The van der Waals surface area contributed by atoms with Gasteiger partial charge in [-0.1, -0.05) is 37.5 Å². The molecular formula is C31H34F3N5O. The van der Waals surface area contributed by atoms with Crippen LogP contribution in [-0.4, -0.2) is 33.4 Å². The lowest BCUT2D eigenvalue weighted by atomic mass is 9.89. The molecule has 0 unspecified atom stereocenters. The van der Waals surface area contributed by atoms with Gasteiger partial charge in [0.05, 0.1) is 34.7 Å². The maximum Gasteiger partial charge on any atom is 0.416 e. The average molecular weight is 550 g/mol. The van der Waals surface area contributed by atoms with Crippen LogP contribution in [0.4, 0.5) is 24.8 Å². The molecule has 0 spiro atoms. The average Bonchev–Trinajstić information content (AvgIpc) is 3.19. The number of nitrogens with zero attached hydrogens (tertiary/aromatic N) is 4. The van der Waals surface area contributed by atoms with Gasteiger partial charge in [-0.25, -0.2) is 14.5 Å². The van der Waals surface area contributed by atoms with Gasteiger partial charge in [-0.3, -0.25) is 4.79 Å². The Hall–Kier alpha value is -3.62. The molecule has 210 valence electrons. The molecule has 1 N–H and O–H groups in total. The normalized spacial score (nSPS) is 18.0. The van der Waals surface area contributed by atoms with E-state index in [2.05, 4.69) is 10.2 Å². The second kappa shape index (κ2) is 11.1. The van der Waals surface area contributed by atoms with Crippen molar-refractivity contribution in [2.75, 3.05) is 18.4 Å². The monoisotopic (exact) mass is 549 g/mol. The third-order valence-electron chi connectivity index (χ3n) is 8.39. The highest BCUT2D eigenvalue weighted by Crippen LogP contribution is 2.35. The van der Waals surface area contributed by atoms with Gasteiger partial charge >= 0.3 is 6.18 Å². The fourth-order valence-corrected chi connectivity index (χ4v) is 6.19. The summed E-state index contributed by atoms with van der Waals surface area (Å²) in [5.74, 6) is 1.99. The SMILES string of the molecule is O=c1c2c(nc(NCC3CCCCC3)n1-c1ccccc1)CCN(C1=Nc3ccc(C(F)(F)F)cc3CCC1)C2. The maximum absolute atomic E-state index is 14.0. The van der Waals surface area contributed by atoms with E-state index in [0.29, 0.717) is 67.5 Å². The molecule has 40 heavy (non-hydrogen) atoms. The van der Waals surface area contributed by atoms with Gasteiger partial charge in [-0.15, -0.1) is 0 Å². The number of halogens is 3. The molecule has 0 bridgehead atoms. The van der Waals surface area contributed by atoms with E-state index in [1.807, 2.05) is 30.3 Å². The van der Waals surface area contributed by atoms with Crippen LogP contribution >= 0.6 is 0 Å². The zero-order valence-electron chi connectivity index (χ0n) is 22.5. The standard InChI is InChI=1S/C31H34F3N5O/c32-31(33,34)23-14-15-26-22(18-23)10-7-13-28(36-26)38-17-16-27-25(20-38)29(40)39(24-11-5-2-6-12-24)30(37-27)35-19-21-8-3-1-4-9-21/h2,5-6,11-12,14-15,18,21H,1,3-4,7-10,13,16-17,19-20H2,(H,35,37). The molecule has 1 fully saturated rings. The predicted octanol–water partition coefficient (Wildman–Crippen LogP) is 6.67. The van der Waals surface area contributed by atoms with Gasteiger partial charge in [0, 0.05) is 25.9 Å². The van der Waals surface area contributed by atoms with Crippen LogP contribution in [-0.2, 0) is 25.6 Å². The van der Waals surface area contributed by atoms with Gasteiger partial charge in [0.2, 0.25) is 5.95 Å². The largest absolute Gasteiger partial charge is 0.416 e. The minimum Gasteiger partial charge on any atom is -0.355 e. The molecule has 1 saturated carbocycles. The van der Waals surface area contributed by atoms with Crippen molar-refractivity contribution in [3.05, 3.63) is 81.3 Å². The molecule has 1 aromatic heterocycles. The lowest BCUT2D eigenvalue weighted by molar-refractivity contribution is -0.137. The predicted molar refractivity (Wildman–Crippen MR) is 150 cm³/mol. The van der Waals surface area contributed by atoms with Crippen LogP contribution in [0, 0.1) is 5.92 Å². The maximum atomic E-state index is 14.0. The zero-order chi connectivity index (χ0) is 27.7. The highest BCUT2D eigenvalue weighted by atomic mass is 19.4. The quantitative estimate of drug-likeness (QED) is 0.395. The molecule has 0 atom stereocenters. The summed E-state index contributed by atoms with van der Waals surface area (Å²) in [6.45, 7) is 1.84. The zero-order valence-corrected chi connectivity index (χ0v) is 22.5. The Bertz CT molecular complexity index is 1460. The Morgan fingerprint density at radius 2 is 1.75 bits per heavy atom. The number of aromatic nitrogens is 2. The van der Waals surface area contributed by atoms with Crippen molar-refractivity contribution in [3.63, 3.8) is 0 Å². The number of fused-ring (bicyclic) bond motifs is 2. The smallest absolute Gasteiger partial charge is 0.355 e. The summed E-state index contributed by atoms with van der Waals surface area (Å²) in [7, 11) is 0. The van der Waals surface area contributed by atoms with Gasteiger partial charge in [0.25, 0.3) is 5.56 Å². The van der Waals surface area contributed by atoms with E-state index < -0.39 is 11.7 Å². The fourth-order valence-electron chi connectivity index (χ4n) is 6.19. The summed E-state index contributed by atoms with van der Waals surface area (Å²) in [6.07, 6.45) is 4.32. The van der Waals surface area contributed by atoms with E-state index in [-0.39, 0.29) is 5.56 Å². The van der Waals surface area contributed by atoms with Crippen LogP contribution in [0.15, 0.2) is 58.3 Å². The van der Waals surface area contributed by atoms with Crippen molar-refractivity contribution < 1.29 is 13.2 Å². The van der Waals surface area contributed by atoms with E-state index in [1.165, 1.54) is 44.2 Å². The number of alkyl halides is 3. The van der Waals surface area contributed by atoms with Crippen molar-refractivity contribution >= 4 is 17.5 Å². The molecule has 2 aromatic carbocycles. The molecule has 9 heteroatoms. The highest BCUT2D eigenvalue weighted by molar-refractivity contribution is 5.86. The number of nitrogens with one attached hydrogen (secondary N) is 1. The number of hydrogen-bond donors (Lipinski definition) is 1. The van der Waals surface area contributed by atoms with Crippen LogP contribution in [0.5, 0.6) is 0 Å². The molecule has 3 aromatic rings. The molecule has 2 aliphatic heterocycles. The molecule has 3 aliphatic rings. The number of amidine groups is 1. The molecule has 0 amide bonds. The third-order valence-corrected chi connectivity index (χ3v) is 8.39. The molecule has 0 radical (unpaired) electrons. The fraction of sp³-hybridized carbons (Fsp3) is 0.452. The Kier molecular flexibility index (Phi) is 7.38. The Balaban J connectivity index is 1.31. The Morgan fingerprint density at radius 1 is 0.950 bits per heavy atom. The second-order valence-electron chi connectivity index (χ2n) is 11.1. The highest BCUT2D eigenvalue weighted by Gasteiger charge is 2.32. The van der Waals surface area contributed by atoms with Gasteiger partial charge < -0.3 is 10.2 Å². The van der Waals surface area contributed by atoms with E-state index in [0.717, 1.165) is 29.8 Å². The summed E-state index contributed by atoms with van der Waals surface area (Å²) in [4.78, 5) is 25.9. The molecular weight excluding hydrogens is 515 g/mol. The van der Waals surface area contributed by atoms with Gasteiger partial charge in [0.15, 0.2) is 0 Å².